The minimum atomic E-state index is -4.37. The van der Waals surface area contributed by atoms with Gasteiger partial charge in [-0.05, 0) is 63.3 Å². The minimum Gasteiger partial charge on any atom is -0.444 e. The summed E-state index contributed by atoms with van der Waals surface area (Å²) in [5.74, 6) is 0. The molecular weight excluding hydrogens is 345 g/mol. The molecule has 26 heavy (non-hydrogen) atoms. The Kier molecular flexibility index (Phi) is 4.50. The molecule has 3 rings (SSSR count). The second kappa shape index (κ2) is 6.15. The maximum Gasteiger partial charge on any atom is 0.416 e. The molecule has 1 saturated heterocycles. The summed E-state index contributed by atoms with van der Waals surface area (Å²) in [6.45, 7) is 6.49. The quantitative estimate of drug-likeness (QED) is 0.737. The number of benzene rings is 1. The van der Waals surface area contributed by atoms with E-state index in [0.29, 0.717) is 37.9 Å². The predicted octanol–water partition coefficient (Wildman–Crippen LogP) is 4.38. The molecule has 0 aromatic heterocycles. The molecule has 1 unspecified atom stereocenters. The van der Waals surface area contributed by atoms with Crippen molar-refractivity contribution >= 4 is 6.09 Å². The first kappa shape index (κ1) is 19.0. The molecule has 1 spiro atoms. The van der Waals surface area contributed by atoms with Gasteiger partial charge in [-0.1, -0.05) is 6.07 Å². The SMILES string of the molecule is CC(C)(C)OC(=O)N1CCC2(CC1)CC(N)c1cc(C(F)(F)F)ccc12. The number of rotatable bonds is 0. The zero-order chi connectivity index (χ0) is 19.3. The van der Waals surface area contributed by atoms with Crippen molar-refractivity contribution in [1.29, 1.82) is 0 Å². The highest BCUT2D eigenvalue weighted by molar-refractivity contribution is 5.68. The van der Waals surface area contributed by atoms with E-state index in [9.17, 15) is 18.0 Å². The Labute approximate surface area is 151 Å². The standard InChI is InChI=1S/C19H25F3N2O2/c1-17(2,3)26-16(25)24-8-6-18(7-9-24)11-15(23)13-10-12(19(20,21)22)4-5-14(13)18/h4-5,10,15H,6-9,11,23H2,1-3H3. The number of nitrogens with two attached hydrogens (primary N) is 1. The monoisotopic (exact) mass is 370 g/mol. The predicted molar refractivity (Wildman–Crippen MR) is 91.7 cm³/mol. The zero-order valence-electron chi connectivity index (χ0n) is 15.3. The lowest BCUT2D eigenvalue weighted by Gasteiger charge is -2.40. The topological polar surface area (TPSA) is 55.6 Å². The average Bonchev–Trinajstić information content (AvgIpc) is 2.77. The summed E-state index contributed by atoms with van der Waals surface area (Å²) in [6.07, 6.45) is -2.74. The van der Waals surface area contributed by atoms with Gasteiger partial charge in [0.1, 0.15) is 5.60 Å². The van der Waals surface area contributed by atoms with Crippen molar-refractivity contribution < 1.29 is 22.7 Å². The molecule has 2 aliphatic rings. The van der Waals surface area contributed by atoms with Crippen LogP contribution in [-0.4, -0.2) is 29.7 Å². The third-order valence-electron chi connectivity index (χ3n) is 5.33. The van der Waals surface area contributed by atoms with E-state index in [0.717, 1.165) is 11.6 Å². The van der Waals surface area contributed by atoms with Gasteiger partial charge in [0.25, 0.3) is 0 Å². The van der Waals surface area contributed by atoms with Crippen LogP contribution in [0.3, 0.4) is 0 Å². The van der Waals surface area contributed by atoms with Crippen molar-refractivity contribution in [1.82, 2.24) is 4.90 Å². The first-order valence-corrected chi connectivity index (χ1v) is 8.86. The number of hydrogen-bond donors (Lipinski definition) is 1. The highest BCUT2D eigenvalue weighted by Gasteiger charge is 2.46. The number of carbonyl (C=O) groups is 1. The molecule has 1 amide bonds. The van der Waals surface area contributed by atoms with E-state index in [1.807, 2.05) is 20.8 Å². The van der Waals surface area contributed by atoms with Gasteiger partial charge >= 0.3 is 12.3 Å². The Morgan fingerprint density at radius 3 is 2.38 bits per heavy atom. The van der Waals surface area contributed by atoms with Crippen molar-refractivity contribution in [2.45, 2.75) is 63.3 Å². The fourth-order valence-electron chi connectivity index (χ4n) is 4.09. The van der Waals surface area contributed by atoms with Gasteiger partial charge < -0.3 is 15.4 Å². The molecule has 0 bridgehead atoms. The van der Waals surface area contributed by atoms with E-state index in [-0.39, 0.29) is 11.5 Å². The minimum absolute atomic E-state index is 0.253. The highest BCUT2D eigenvalue weighted by atomic mass is 19.4. The Balaban J connectivity index is 1.78. The van der Waals surface area contributed by atoms with Crippen LogP contribution >= 0.6 is 0 Å². The summed E-state index contributed by atoms with van der Waals surface area (Å²) in [7, 11) is 0. The molecule has 1 heterocycles. The molecule has 1 fully saturated rings. The normalized spacial score (nSPS) is 22.4. The summed E-state index contributed by atoms with van der Waals surface area (Å²) < 4.78 is 44.4. The molecular formula is C19H25F3N2O2. The van der Waals surface area contributed by atoms with Gasteiger partial charge in [-0.25, -0.2) is 4.79 Å². The Bertz CT molecular complexity index is 702. The summed E-state index contributed by atoms with van der Waals surface area (Å²) in [4.78, 5) is 13.9. The molecule has 4 nitrogen and oxygen atoms in total. The van der Waals surface area contributed by atoms with Crippen LogP contribution < -0.4 is 5.73 Å². The summed E-state index contributed by atoms with van der Waals surface area (Å²) >= 11 is 0. The maximum atomic E-state index is 13.0. The van der Waals surface area contributed by atoms with Crippen LogP contribution in [0.15, 0.2) is 18.2 Å². The number of likely N-dealkylation sites (tertiary alicyclic amines) is 1. The second-order valence-electron chi connectivity index (χ2n) is 8.36. The number of nitrogens with zero attached hydrogens (tertiary/aromatic N) is 1. The molecule has 1 aliphatic carbocycles. The van der Waals surface area contributed by atoms with Crippen LogP contribution in [0.2, 0.25) is 0 Å². The first-order valence-electron chi connectivity index (χ1n) is 8.86. The summed E-state index contributed by atoms with van der Waals surface area (Å²) in [5.41, 5.74) is 6.20. The van der Waals surface area contributed by atoms with Crippen LogP contribution in [0, 0.1) is 0 Å². The van der Waals surface area contributed by atoms with Crippen molar-refractivity contribution in [3.8, 4) is 0 Å². The number of alkyl halides is 3. The molecule has 144 valence electrons. The van der Waals surface area contributed by atoms with E-state index in [1.165, 1.54) is 6.07 Å². The van der Waals surface area contributed by atoms with Crippen LogP contribution in [0.4, 0.5) is 18.0 Å². The number of carbonyl (C=O) groups excluding carboxylic acids is 1. The molecule has 1 atom stereocenters. The van der Waals surface area contributed by atoms with Crippen LogP contribution in [0.5, 0.6) is 0 Å². The van der Waals surface area contributed by atoms with Crippen molar-refractivity contribution in [3.05, 3.63) is 34.9 Å². The molecule has 1 aromatic carbocycles. The van der Waals surface area contributed by atoms with Gasteiger partial charge in [0.2, 0.25) is 0 Å². The highest BCUT2D eigenvalue weighted by Crippen LogP contribution is 2.51. The largest absolute Gasteiger partial charge is 0.444 e. The maximum absolute atomic E-state index is 13.0. The van der Waals surface area contributed by atoms with E-state index in [4.69, 9.17) is 10.5 Å². The summed E-state index contributed by atoms with van der Waals surface area (Å²) in [5, 5.41) is 0. The van der Waals surface area contributed by atoms with Gasteiger partial charge in [-0.2, -0.15) is 13.2 Å². The fourth-order valence-corrected chi connectivity index (χ4v) is 4.09. The molecule has 2 N–H and O–H groups in total. The van der Waals surface area contributed by atoms with Gasteiger partial charge in [-0.3, -0.25) is 0 Å². The van der Waals surface area contributed by atoms with Crippen molar-refractivity contribution in [2.24, 2.45) is 5.73 Å². The molecule has 1 aliphatic heterocycles. The van der Waals surface area contributed by atoms with Crippen LogP contribution in [-0.2, 0) is 16.3 Å². The number of amides is 1. The zero-order valence-corrected chi connectivity index (χ0v) is 15.3. The average molecular weight is 370 g/mol. The van der Waals surface area contributed by atoms with Gasteiger partial charge in [0, 0.05) is 24.5 Å². The lowest BCUT2D eigenvalue weighted by atomic mass is 9.73. The number of hydrogen-bond acceptors (Lipinski definition) is 3. The molecule has 7 heteroatoms. The van der Waals surface area contributed by atoms with E-state index < -0.39 is 23.4 Å². The van der Waals surface area contributed by atoms with Crippen LogP contribution in [0.1, 0.15) is 62.8 Å². The van der Waals surface area contributed by atoms with Crippen molar-refractivity contribution in [3.63, 3.8) is 0 Å². The first-order chi connectivity index (χ1) is 11.9. The summed E-state index contributed by atoms with van der Waals surface area (Å²) in [6, 6.07) is 3.50. The molecule has 0 saturated carbocycles. The Morgan fingerprint density at radius 2 is 1.85 bits per heavy atom. The third-order valence-corrected chi connectivity index (χ3v) is 5.33. The van der Waals surface area contributed by atoms with E-state index in [2.05, 4.69) is 0 Å². The Morgan fingerprint density at radius 1 is 1.23 bits per heavy atom. The molecule has 0 radical (unpaired) electrons. The van der Waals surface area contributed by atoms with Gasteiger partial charge in [0.05, 0.1) is 5.56 Å². The van der Waals surface area contributed by atoms with E-state index in [1.54, 1.807) is 11.0 Å². The van der Waals surface area contributed by atoms with Crippen molar-refractivity contribution in [2.75, 3.05) is 13.1 Å². The van der Waals surface area contributed by atoms with Crippen LogP contribution in [0.25, 0.3) is 0 Å². The third kappa shape index (κ3) is 3.54. The van der Waals surface area contributed by atoms with Gasteiger partial charge in [-0.15, -0.1) is 0 Å². The fraction of sp³-hybridized carbons (Fsp3) is 0.632. The molecule has 1 aromatic rings. The Hall–Kier alpha value is -1.76. The number of ether oxygens (including phenoxy) is 1. The van der Waals surface area contributed by atoms with Gasteiger partial charge in [0.15, 0.2) is 0 Å². The second-order valence-corrected chi connectivity index (χ2v) is 8.36. The lowest BCUT2D eigenvalue weighted by Crippen LogP contribution is -2.46. The smallest absolute Gasteiger partial charge is 0.416 e. The number of fused-ring (bicyclic) bond motifs is 2. The lowest BCUT2D eigenvalue weighted by molar-refractivity contribution is -0.137. The number of halogens is 3. The van der Waals surface area contributed by atoms with E-state index >= 15 is 0 Å². The number of piperidine rings is 1.